The van der Waals surface area contributed by atoms with E-state index in [1.165, 1.54) is 4.68 Å². The second-order valence-corrected chi connectivity index (χ2v) is 6.31. The van der Waals surface area contributed by atoms with Crippen molar-refractivity contribution in [2.75, 3.05) is 0 Å². The van der Waals surface area contributed by atoms with Crippen LogP contribution in [0, 0.1) is 17.5 Å². The molecule has 1 aliphatic rings. The van der Waals surface area contributed by atoms with E-state index in [4.69, 9.17) is 4.74 Å². The number of cyclic esters (lactones) is 1. The molecule has 1 aromatic carbocycles. The Morgan fingerprint density at radius 1 is 1.38 bits per heavy atom. The Kier molecular flexibility index (Phi) is 2.83. The zero-order valence-electron chi connectivity index (χ0n) is 12.6. The summed E-state index contributed by atoms with van der Waals surface area (Å²) in [6.45, 7) is 5.88. The number of aromatic nitrogens is 2. The molecule has 0 saturated heterocycles. The molecule has 0 aliphatic carbocycles. The van der Waals surface area contributed by atoms with Gasteiger partial charge in [-0.05, 0) is 30.5 Å². The number of allylic oxidation sites excluding steroid dienone is 1. The van der Waals surface area contributed by atoms with Crippen LogP contribution < -0.4 is 4.85 Å². The molecule has 0 amide bonds. The number of ether oxygens (including phenoxy) is 1. The first-order valence-electron chi connectivity index (χ1n) is 6.91. The number of aryl methyl sites for hydroxylation is 2. The number of hydrogen-bond acceptors (Lipinski definition) is 3. The second kappa shape index (κ2) is 4.35. The van der Waals surface area contributed by atoms with Crippen LogP contribution in [0.5, 0.6) is 0 Å². The second-order valence-electron chi connectivity index (χ2n) is 6.31. The van der Waals surface area contributed by atoms with Crippen LogP contribution in [0.1, 0.15) is 31.5 Å². The average Bonchev–Trinajstić information content (AvgIpc) is 2.59. The van der Waals surface area contributed by atoms with E-state index < -0.39 is 0 Å². The van der Waals surface area contributed by atoms with Crippen LogP contribution in [0.2, 0.25) is 0 Å². The SMILES string of the molecule is Cc1ccc2c(c1)c(C1=CC(C)(C)CC(=O)O1)[n+]([O-])n2C. The molecular weight excluding hydrogens is 268 g/mol. The molecule has 5 heteroatoms. The lowest BCUT2D eigenvalue weighted by atomic mass is 9.86. The van der Waals surface area contributed by atoms with Crippen molar-refractivity contribution < 1.29 is 14.4 Å². The van der Waals surface area contributed by atoms with Gasteiger partial charge in [0.15, 0.2) is 0 Å². The summed E-state index contributed by atoms with van der Waals surface area (Å²) in [5.74, 6) is 0.0459. The molecule has 5 nitrogen and oxygen atoms in total. The fourth-order valence-corrected chi connectivity index (χ4v) is 2.78. The Morgan fingerprint density at radius 3 is 2.76 bits per heavy atom. The predicted molar refractivity (Wildman–Crippen MR) is 79.1 cm³/mol. The largest absolute Gasteiger partial charge is 0.595 e. The molecule has 2 aromatic rings. The molecule has 21 heavy (non-hydrogen) atoms. The van der Waals surface area contributed by atoms with Crippen molar-refractivity contribution in [2.24, 2.45) is 12.5 Å². The van der Waals surface area contributed by atoms with Crippen molar-refractivity contribution in [3.63, 3.8) is 0 Å². The number of carbonyl (C=O) groups excluding carboxylic acids is 1. The summed E-state index contributed by atoms with van der Waals surface area (Å²) < 4.78 is 6.85. The van der Waals surface area contributed by atoms with Gasteiger partial charge >= 0.3 is 5.97 Å². The van der Waals surface area contributed by atoms with Gasteiger partial charge in [0, 0.05) is 0 Å². The monoisotopic (exact) mass is 286 g/mol. The molecule has 0 radical (unpaired) electrons. The highest BCUT2D eigenvalue weighted by Crippen LogP contribution is 2.35. The average molecular weight is 286 g/mol. The van der Waals surface area contributed by atoms with Crippen molar-refractivity contribution in [3.8, 4) is 0 Å². The number of nitrogens with zero attached hydrogens (tertiary/aromatic N) is 2. The van der Waals surface area contributed by atoms with Gasteiger partial charge in [-0.2, -0.15) is 0 Å². The molecule has 2 heterocycles. The molecule has 0 bridgehead atoms. The van der Waals surface area contributed by atoms with Crippen molar-refractivity contribution in [3.05, 3.63) is 40.7 Å². The lowest BCUT2D eigenvalue weighted by molar-refractivity contribution is -0.691. The Labute approximate surface area is 123 Å². The molecule has 0 atom stereocenters. The third kappa shape index (κ3) is 2.18. The Hall–Kier alpha value is -2.30. The van der Waals surface area contributed by atoms with E-state index in [2.05, 4.69) is 0 Å². The highest BCUT2D eigenvalue weighted by molar-refractivity contribution is 5.91. The van der Waals surface area contributed by atoms with E-state index in [-0.39, 0.29) is 11.4 Å². The minimum absolute atomic E-state index is 0.304. The van der Waals surface area contributed by atoms with Crippen LogP contribution in [0.3, 0.4) is 0 Å². The number of carbonyl (C=O) groups is 1. The van der Waals surface area contributed by atoms with Gasteiger partial charge in [-0.15, -0.1) is 4.68 Å². The summed E-state index contributed by atoms with van der Waals surface area (Å²) in [4.78, 5) is 12.6. The molecule has 0 N–H and O–H groups in total. The first kappa shape index (κ1) is 13.7. The van der Waals surface area contributed by atoms with E-state index in [0.717, 1.165) is 21.3 Å². The molecule has 3 rings (SSSR count). The van der Waals surface area contributed by atoms with Crippen LogP contribution >= 0.6 is 0 Å². The highest BCUT2D eigenvalue weighted by Gasteiger charge is 2.34. The number of hydrogen-bond donors (Lipinski definition) is 0. The Morgan fingerprint density at radius 2 is 2.10 bits per heavy atom. The summed E-state index contributed by atoms with van der Waals surface area (Å²) in [6, 6.07) is 5.80. The quantitative estimate of drug-likeness (QED) is 0.459. The summed E-state index contributed by atoms with van der Waals surface area (Å²) in [7, 11) is 1.70. The standard InChI is InChI=1S/C16H18N2O3/c1-10-5-6-12-11(7-10)15(18(20)17(12)4)13-8-16(2,3)9-14(19)21-13/h5-8H,9H2,1-4H3. The number of esters is 1. The molecule has 110 valence electrons. The zero-order chi connectivity index (χ0) is 15.4. The molecule has 0 saturated carbocycles. The fraction of sp³-hybridized carbons (Fsp3) is 0.375. The fourth-order valence-electron chi connectivity index (χ4n) is 2.78. The van der Waals surface area contributed by atoms with Crippen LogP contribution in [-0.2, 0) is 16.6 Å². The first-order valence-corrected chi connectivity index (χ1v) is 6.91. The maximum absolute atomic E-state index is 12.5. The van der Waals surface area contributed by atoms with E-state index in [9.17, 15) is 10.0 Å². The van der Waals surface area contributed by atoms with Crippen LogP contribution in [0.25, 0.3) is 16.7 Å². The van der Waals surface area contributed by atoms with Crippen molar-refractivity contribution in [1.82, 2.24) is 4.68 Å². The molecule has 1 aliphatic heterocycles. The normalized spacial score (nSPS) is 17.7. The third-order valence-electron chi connectivity index (χ3n) is 3.80. The number of benzene rings is 1. The summed E-state index contributed by atoms with van der Waals surface area (Å²) in [5.41, 5.74) is 1.95. The molecule has 0 unspecified atom stereocenters. The van der Waals surface area contributed by atoms with Gasteiger partial charge in [-0.3, -0.25) is 4.79 Å². The Bertz CT molecular complexity index is 784. The highest BCUT2D eigenvalue weighted by atomic mass is 16.5. The van der Waals surface area contributed by atoms with Gasteiger partial charge in [0.05, 0.1) is 18.9 Å². The number of rotatable bonds is 1. The van der Waals surface area contributed by atoms with E-state index >= 15 is 0 Å². The van der Waals surface area contributed by atoms with Gasteiger partial charge in [0.25, 0.3) is 5.69 Å². The summed E-state index contributed by atoms with van der Waals surface area (Å²) in [6.07, 6.45) is 2.18. The molecule has 0 fully saturated rings. The van der Waals surface area contributed by atoms with Crippen molar-refractivity contribution in [1.29, 1.82) is 0 Å². The Balaban J connectivity index is 2.30. The maximum atomic E-state index is 12.5. The minimum Gasteiger partial charge on any atom is -0.595 e. The lowest BCUT2D eigenvalue weighted by Gasteiger charge is -2.24. The van der Waals surface area contributed by atoms with Crippen LogP contribution in [0.4, 0.5) is 0 Å². The topological polar surface area (TPSA) is 58.2 Å². The zero-order valence-corrected chi connectivity index (χ0v) is 12.6. The number of fused-ring (bicyclic) bond motifs is 1. The summed E-state index contributed by atoms with van der Waals surface area (Å²) >= 11 is 0. The van der Waals surface area contributed by atoms with Crippen molar-refractivity contribution >= 4 is 22.6 Å². The van der Waals surface area contributed by atoms with E-state index in [0.29, 0.717) is 17.9 Å². The van der Waals surface area contributed by atoms with Gasteiger partial charge in [-0.1, -0.05) is 30.3 Å². The van der Waals surface area contributed by atoms with E-state index in [1.54, 1.807) is 7.05 Å². The van der Waals surface area contributed by atoms with E-state index in [1.807, 2.05) is 45.0 Å². The van der Waals surface area contributed by atoms with Gasteiger partial charge < -0.3 is 9.94 Å². The molecular formula is C16H18N2O3. The molecule has 1 aromatic heterocycles. The maximum Gasteiger partial charge on any atom is 0.312 e. The van der Waals surface area contributed by atoms with Gasteiger partial charge in [-0.25, -0.2) is 0 Å². The first-order chi connectivity index (χ1) is 9.78. The minimum atomic E-state index is -0.316. The predicted octanol–water partition coefficient (Wildman–Crippen LogP) is 2.43. The van der Waals surface area contributed by atoms with Crippen LogP contribution in [-0.4, -0.2) is 10.7 Å². The van der Waals surface area contributed by atoms with Crippen molar-refractivity contribution in [2.45, 2.75) is 27.2 Å². The third-order valence-corrected chi connectivity index (χ3v) is 3.80. The van der Waals surface area contributed by atoms with Gasteiger partial charge in [0.1, 0.15) is 5.52 Å². The van der Waals surface area contributed by atoms with Crippen LogP contribution in [0.15, 0.2) is 24.3 Å². The lowest BCUT2D eigenvalue weighted by Crippen LogP contribution is -2.39. The molecule has 0 spiro atoms. The van der Waals surface area contributed by atoms with Gasteiger partial charge in [0.2, 0.25) is 5.76 Å². The smallest absolute Gasteiger partial charge is 0.312 e. The summed E-state index contributed by atoms with van der Waals surface area (Å²) in [5, 5.41) is 13.3.